The number of benzene rings is 1. The second-order valence-corrected chi connectivity index (χ2v) is 5.82. The van der Waals surface area contributed by atoms with E-state index in [1.165, 1.54) is 0 Å². The van der Waals surface area contributed by atoms with Crippen molar-refractivity contribution in [1.82, 2.24) is 10.3 Å². The Kier molecular flexibility index (Phi) is 5.26. The van der Waals surface area contributed by atoms with Gasteiger partial charge in [0.25, 0.3) is 5.91 Å². The zero-order valence-electron chi connectivity index (χ0n) is 11.5. The van der Waals surface area contributed by atoms with Crippen LogP contribution in [0.1, 0.15) is 23.8 Å². The Bertz CT molecular complexity index is 618. The molecule has 1 N–H and O–H groups in total. The molecular weight excluding hydrogens is 292 g/mol. The summed E-state index contributed by atoms with van der Waals surface area (Å²) in [7, 11) is 0. The minimum atomic E-state index is -0.168. The smallest absolute Gasteiger partial charge is 0.270 e. The summed E-state index contributed by atoms with van der Waals surface area (Å²) in [6.07, 6.45) is 2.92. The fourth-order valence-electron chi connectivity index (χ4n) is 1.99. The Morgan fingerprint density at radius 1 is 1.45 bits per heavy atom. The summed E-state index contributed by atoms with van der Waals surface area (Å²) in [6.45, 7) is 2.06. The van der Waals surface area contributed by atoms with Crippen LogP contribution in [0.15, 0.2) is 30.3 Å². The average molecular weight is 309 g/mol. The second kappa shape index (κ2) is 6.95. The van der Waals surface area contributed by atoms with E-state index >= 15 is 0 Å². The van der Waals surface area contributed by atoms with Gasteiger partial charge in [-0.25, -0.2) is 4.98 Å². The largest absolute Gasteiger partial charge is 0.347 e. The molecule has 1 aromatic carbocycles. The van der Waals surface area contributed by atoms with E-state index < -0.39 is 0 Å². The number of carbonyl (C=O) groups excluding carboxylic acids is 1. The molecule has 1 amide bonds. The van der Waals surface area contributed by atoms with Crippen molar-refractivity contribution in [2.45, 2.75) is 19.4 Å². The quantitative estimate of drug-likeness (QED) is 0.855. The number of carbonyl (C=O) groups is 1. The Morgan fingerprint density at radius 3 is 2.90 bits per heavy atom. The van der Waals surface area contributed by atoms with E-state index in [9.17, 15) is 4.79 Å². The van der Waals surface area contributed by atoms with Crippen molar-refractivity contribution < 1.29 is 4.79 Å². The minimum absolute atomic E-state index is 0.157. The van der Waals surface area contributed by atoms with E-state index in [0.29, 0.717) is 10.8 Å². The van der Waals surface area contributed by atoms with E-state index in [-0.39, 0.29) is 11.9 Å². The fourth-order valence-corrected chi connectivity index (χ4v) is 2.98. The molecule has 0 aliphatic carbocycles. The van der Waals surface area contributed by atoms with Gasteiger partial charge < -0.3 is 5.32 Å². The number of hydrogen-bond acceptors (Lipinski definition) is 3. The average Bonchev–Trinajstić information content (AvgIpc) is 2.46. The van der Waals surface area contributed by atoms with Crippen molar-refractivity contribution in [3.8, 4) is 0 Å². The summed E-state index contributed by atoms with van der Waals surface area (Å²) in [5.41, 5.74) is 0.369. The number of amides is 1. The van der Waals surface area contributed by atoms with Crippen LogP contribution in [0.25, 0.3) is 10.8 Å². The van der Waals surface area contributed by atoms with Gasteiger partial charge in [0.05, 0.1) is 0 Å². The zero-order chi connectivity index (χ0) is 14.5. The lowest BCUT2D eigenvalue weighted by Gasteiger charge is -2.15. The maximum Gasteiger partial charge on any atom is 0.270 e. The molecule has 0 saturated carbocycles. The molecule has 3 nitrogen and oxygen atoms in total. The molecular formula is C15H17ClN2OS. The highest BCUT2D eigenvalue weighted by Gasteiger charge is 2.14. The summed E-state index contributed by atoms with van der Waals surface area (Å²) in [6, 6.07) is 9.59. The minimum Gasteiger partial charge on any atom is -0.347 e. The number of aromatic nitrogens is 1. The third-order valence-corrected chi connectivity index (χ3v) is 4.15. The van der Waals surface area contributed by atoms with Gasteiger partial charge in [0, 0.05) is 17.2 Å². The highest BCUT2D eigenvalue weighted by Crippen LogP contribution is 2.22. The molecule has 2 rings (SSSR count). The van der Waals surface area contributed by atoms with Gasteiger partial charge >= 0.3 is 0 Å². The Morgan fingerprint density at radius 2 is 2.20 bits per heavy atom. The zero-order valence-corrected chi connectivity index (χ0v) is 13.1. The van der Waals surface area contributed by atoms with Gasteiger partial charge in [-0.3, -0.25) is 4.79 Å². The molecule has 0 spiro atoms. The molecule has 0 fully saturated rings. The number of halogens is 1. The summed E-state index contributed by atoms with van der Waals surface area (Å²) in [5, 5.41) is 5.15. The molecule has 2 aromatic rings. The first kappa shape index (κ1) is 15.1. The molecule has 20 heavy (non-hydrogen) atoms. The van der Waals surface area contributed by atoms with Gasteiger partial charge in [0.15, 0.2) is 0 Å². The van der Waals surface area contributed by atoms with Gasteiger partial charge in [-0.05, 0) is 24.1 Å². The van der Waals surface area contributed by atoms with Crippen LogP contribution in [0, 0.1) is 0 Å². The SMILES string of the molecule is CCC(CSC)NC(=O)c1cc2ccccc2c(Cl)n1. The van der Waals surface area contributed by atoms with Gasteiger partial charge in [-0.15, -0.1) is 0 Å². The molecule has 0 aliphatic rings. The summed E-state index contributed by atoms with van der Waals surface area (Å²) in [4.78, 5) is 16.4. The highest BCUT2D eigenvalue weighted by atomic mass is 35.5. The second-order valence-electron chi connectivity index (χ2n) is 4.55. The fraction of sp³-hybridized carbons (Fsp3) is 0.333. The lowest BCUT2D eigenvalue weighted by molar-refractivity contribution is 0.0935. The first-order valence-corrected chi connectivity index (χ1v) is 8.28. The molecule has 1 unspecified atom stereocenters. The molecule has 0 bridgehead atoms. The van der Waals surface area contributed by atoms with Crippen molar-refractivity contribution in [2.24, 2.45) is 0 Å². The van der Waals surface area contributed by atoms with Gasteiger partial charge in [-0.1, -0.05) is 42.8 Å². The number of pyridine rings is 1. The lowest BCUT2D eigenvalue weighted by Crippen LogP contribution is -2.36. The van der Waals surface area contributed by atoms with Crippen molar-refractivity contribution >= 4 is 40.0 Å². The van der Waals surface area contributed by atoms with Crippen molar-refractivity contribution in [1.29, 1.82) is 0 Å². The number of nitrogens with zero attached hydrogens (tertiary/aromatic N) is 1. The van der Waals surface area contributed by atoms with Crippen molar-refractivity contribution in [3.05, 3.63) is 41.2 Å². The topological polar surface area (TPSA) is 42.0 Å². The first-order chi connectivity index (χ1) is 9.65. The maximum absolute atomic E-state index is 12.2. The van der Waals surface area contributed by atoms with Crippen LogP contribution < -0.4 is 5.32 Å². The Balaban J connectivity index is 2.26. The number of thioether (sulfide) groups is 1. The van der Waals surface area contributed by atoms with Gasteiger partial charge in [0.2, 0.25) is 0 Å². The van der Waals surface area contributed by atoms with Crippen molar-refractivity contribution in [3.63, 3.8) is 0 Å². The van der Waals surface area contributed by atoms with Crippen molar-refractivity contribution in [2.75, 3.05) is 12.0 Å². The van der Waals surface area contributed by atoms with E-state index in [2.05, 4.69) is 17.2 Å². The third-order valence-electron chi connectivity index (χ3n) is 3.12. The van der Waals surface area contributed by atoms with E-state index in [4.69, 9.17) is 11.6 Å². The molecule has 1 atom stereocenters. The van der Waals surface area contributed by atoms with Gasteiger partial charge in [-0.2, -0.15) is 11.8 Å². The highest BCUT2D eigenvalue weighted by molar-refractivity contribution is 7.98. The summed E-state index contributed by atoms with van der Waals surface area (Å²) >= 11 is 7.86. The molecule has 1 aromatic heterocycles. The molecule has 0 radical (unpaired) electrons. The maximum atomic E-state index is 12.2. The third kappa shape index (κ3) is 3.44. The van der Waals surface area contributed by atoms with Crippen LogP contribution in [-0.4, -0.2) is 28.9 Å². The van der Waals surface area contributed by atoms with Gasteiger partial charge in [0.1, 0.15) is 10.8 Å². The Labute approximate surface area is 128 Å². The van der Waals surface area contributed by atoms with Crippen LogP contribution in [0.3, 0.4) is 0 Å². The number of hydrogen-bond donors (Lipinski definition) is 1. The first-order valence-electron chi connectivity index (χ1n) is 6.50. The molecule has 106 valence electrons. The number of fused-ring (bicyclic) bond motifs is 1. The van der Waals surface area contributed by atoms with Crippen LogP contribution >= 0.6 is 23.4 Å². The molecule has 0 aliphatic heterocycles. The standard InChI is InChI=1S/C15H17ClN2OS/c1-3-11(9-20-2)17-15(19)13-8-10-6-4-5-7-12(10)14(16)18-13/h4-8,11H,3,9H2,1-2H3,(H,17,19). The number of nitrogens with one attached hydrogen (secondary N) is 1. The van der Waals surface area contributed by atoms with Crippen LogP contribution in [0.2, 0.25) is 5.15 Å². The predicted octanol–water partition coefficient (Wildman–Crippen LogP) is 3.76. The van der Waals surface area contributed by atoms with E-state index in [0.717, 1.165) is 22.9 Å². The molecule has 5 heteroatoms. The molecule has 0 saturated heterocycles. The van der Waals surface area contributed by atoms with Crippen LogP contribution in [-0.2, 0) is 0 Å². The normalized spacial score (nSPS) is 12.3. The van der Waals surface area contributed by atoms with E-state index in [1.54, 1.807) is 17.8 Å². The summed E-state index contributed by atoms with van der Waals surface area (Å²) < 4.78 is 0. The summed E-state index contributed by atoms with van der Waals surface area (Å²) in [5.74, 6) is 0.724. The Hall–Kier alpha value is -1.26. The van der Waals surface area contributed by atoms with Crippen LogP contribution in [0.4, 0.5) is 0 Å². The predicted molar refractivity (Wildman–Crippen MR) is 86.7 cm³/mol. The molecule has 1 heterocycles. The lowest BCUT2D eigenvalue weighted by atomic mass is 10.1. The van der Waals surface area contributed by atoms with Crippen LogP contribution in [0.5, 0.6) is 0 Å². The monoisotopic (exact) mass is 308 g/mol. The number of rotatable bonds is 5. The van der Waals surface area contributed by atoms with E-state index in [1.807, 2.05) is 30.5 Å².